The average molecular weight is 498 g/mol. The normalized spacial score (nSPS) is 14.2. The molecule has 194 valence electrons. The van der Waals surface area contributed by atoms with Gasteiger partial charge in [0.1, 0.15) is 11.9 Å². The summed E-state index contributed by atoms with van der Waals surface area (Å²) in [4.78, 5) is 39.5. The maximum absolute atomic E-state index is 13.6. The van der Waals surface area contributed by atoms with Gasteiger partial charge in [-0.05, 0) is 68.0 Å². The van der Waals surface area contributed by atoms with Crippen LogP contribution in [0.4, 0.5) is 14.9 Å². The minimum Gasteiger partial charge on any atom is -0.369 e. The number of nitrogens with zero attached hydrogens (tertiary/aromatic N) is 1. The first-order valence-electron chi connectivity index (χ1n) is 12.4. The van der Waals surface area contributed by atoms with Crippen molar-refractivity contribution in [2.75, 3.05) is 24.5 Å². The summed E-state index contributed by atoms with van der Waals surface area (Å²) in [5.41, 5.74) is 8.54. The van der Waals surface area contributed by atoms with Gasteiger partial charge in [0.15, 0.2) is 0 Å². The van der Waals surface area contributed by atoms with Gasteiger partial charge in [0.2, 0.25) is 5.91 Å². The van der Waals surface area contributed by atoms with E-state index in [-0.39, 0.29) is 36.1 Å². The van der Waals surface area contributed by atoms with Gasteiger partial charge in [-0.15, -0.1) is 0 Å². The molecule has 0 bridgehead atoms. The van der Waals surface area contributed by atoms with Crippen molar-refractivity contribution in [3.05, 3.63) is 65.0 Å². The van der Waals surface area contributed by atoms with Crippen molar-refractivity contribution in [2.24, 2.45) is 11.7 Å². The molecule has 0 radical (unpaired) electrons. The Labute approximate surface area is 211 Å². The van der Waals surface area contributed by atoms with E-state index < -0.39 is 12.1 Å². The predicted octanol–water partition coefficient (Wildman–Crippen LogP) is 2.88. The van der Waals surface area contributed by atoms with Gasteiger partial charge in [0, 0.05) is 36.9 Å². The summed E-state index contributed by atoms with van der Waals surface area (Å²) in [6, 6.07) is 10.3. The maximum atomic E-state index is 13.6. The van der Waals surface area contributed by atoms with E-state index in [0.717, 1.165) is 23.2 Å². The molecule has 3 rings (SSSR count). The highest BCUT2D eigenvalue weighted by Gasteiger charge is 2.27. The van der Waals surface area contributed by atoms with Crippen LogP contribution in [0, 0.1) is 18.7 Å². The number of rotatable bonds is 11. The summed E-state index contributed by atoms with van der Waals surface area (Å²) in [6.07, 6.45) is 1.64. The second kappa shape index (κ2) is 12.4. The lowest BCUT2D eigenvalue weighted by atomic mass is 10.0. The number of nitrogens with two attached hydrogens (primary N) is 1. The van der Waals surface area contributed by atoms with E-state index in [1.807, 2.05) is 32.9 Å². The van der Waals surface area contributed by atoms with Crippen molar-refractivity contribution in [3.63, 3.8) is 0 Å². The van der Waals surface area contributed by atoms with Crippen LogP contribution in [0.25, 0.3) is 0 Å². The number of fused-ring (bicyclic) bond motifs is 1. The minimum atomic E-state index is -0.718. The van der Waals surface area contributed by atoms with Crippen LogP contribution in [0.15, 0.2) is 42.5 Å². The molecule has 1 heterocycles. The molecule has 8 nitrogen and oxygen atoms in total. The van der Waals surface area contributed by atoms with Gasteiger partial charge in [-0.1, -0.05) is 31.5 Å². The monoisotopic (exact) mass is 497 g/mol. The number of anilines is 1. The summed E-state index contributed by atoms with van der Waals surface area (Å²) in [7, 11) is 0. The smallest absolute Gasteiger partial charge is 0.312 e. The third kappa shape index (κ3) is 7.69. The predicted molar refractivity (Wildman–Crippen MR) is 138 cm³/mol. The molecule has 1 aliphatic rings. The Kier molecular flexibility index (Phi) is 9.27. The van der Waals surface area contributed by atoms with E-state index >= 15 is 0 Å². The average Bonchev–Trinajstić information content (AvgIpc) is 3.19. The van der Waals surface area contributed by atoms with E-state index in [2.05, 4.69) is 20.9 Å². The Morgan fingerprint density at radius 2 is 1.89 bits per heavy atom. The molecule has 0 unspecified atom stereocenters. The van der Waals surface area contributed by atoms with Crippen molar-refractivity contribution in [2.45, 2.75) is 52.1 Å². The zero-order chi connectivity index (χ0) is 26.2. The van der Waals surface area contributed by atoms with Crippen LogP contribution in [-0.4, -0.2) is 49.6 Å². The largest absolute Gasteiger partial charge is 0.369 e. The Balaban J connectivity index is 1.72. The number of aryl methyl sites for hydroxylation is 1. The standard InChI is InChI=1S/C27H36FN5O3/c1-17(2)13-23(32-25(34)20-6-4-5-18(3)14-20)26(35)31-22(9-11-30-27(29)36)16-33-12-10-19-15-21(28)7-8-24(19)33/h4-8,14-15,17,22-23H,9-13,16H2,1-3H3,(H,31,35)(H,32,34)(H3,29,30,36)/t22-,23-/m0/s1. The number of hydrogen-bond donors (Lipinski definition) is 4. The van der Waals surface area contributed by atoms with E-state index in [1.165, 1.54) is 12.1 Å². The van der Waals surface area contributed by atoms with Crippen LogP contribution in [0.3, 0.4) is 0 Å². The molecule has 4 amide bonds. The van der Waals surface area contributed by atoms with Crippen molar-refractivity contribution in [3.8, 4) is 0 Å². The molecule has 0 aliphatic carbocycles. The van der Waals surface area contributed by atoms with E-state index in [9.17, 15) is 18.8 Å². The Morgan fingerprint density at radius 1 is 1.11 bits per heavy atom. The molecule has 36 heavy (non-hydrogen) atoms. The summed E-state index contributed by atoms with van der Waals surface area (Å²) >= 11 is 0. The second-order valence-electron chi connectivity index (χ2n) is 9.78. The Bertz CT molecular complexity index is 1090. The van der Waals surface area contributed by atoms with E-state index in [4.69, 9.17) is 5.73 Å². The summed E-state index contributed by atoms with van der Waals surface area (Å²) in [5, 5.41) is 8.53. The molecule has 2 aromatic carbocycles. The first-order chi connectivity index (χ1) is 17.1. The zero-order valence-electron chi connectivity index (χ0n) is 21.1. The molecule has 9 heteroatoms. The third-order valence-corrected chi connectivity index (χ3v) is 6.22. The fourth-order valence-electron chi connectivity index (χ4n) is 4.51. The fraction of sp³-hybridized carbons (Fsp3) is 0.444. The van der Waals surface area contributed by atoms with Gasteiger partial charge >= 0.3 is 6.03 Å². The molecule has 1 aliphatic heterocycles. The molecular formula is C27H36FN5O3. The molecule has 2 aromatic rings. The quantitative estimate of drug-likeness (QED) is 0.382. The van der Waals surface area contributed by atoms with Crippen molar-refractivity contribution < 1.29 is 18.8 Å². The molecule has 0 spiro atoms. The zero-order valence-corrected chi connectivity index (χ0v) is 21.1. The Morgan fingerprint density at radius 3 is 2.58 bits per heavy atom. The van der Waals surface area contributed by atoms with Crippen LogP contribution in [0.5, 0.6) is 0 Å². The number of hydrogen-bond acceptors (Lipinski definition) is 4. The molecular weight excluding hydrogens is 461 g/mol. The van der Waals surface area contributed by atoms with Gasteiger partial charge in [0.25, 0.3) is 5.91 Å². The highest BCUT2D eigenvalue weighted by molar-refractivity contribution is 5.97. The van der Waals surface area contributed by atoms with Gasteiger partial charge in [0.05, 0.1) is 0 Å². The number of amides is 4. The number of carbonyl (C=O) groups excluding carboxylic acids is 3. The molecule has 0 saturated heterocycles. The van der Waals surface area contributed by atoms with Crippen LogP contribution in [0.2, 0.25) is 0 Å². The topological polar surface area (TPSA) is 117 Å². The SMILES string of the molecule is Cc1cccc(C(=O)N[C@@H](CC(C)C)C(=O)N[C@@H](CCNC(N)=O)CN2CCc3cc(F)ccc32)c1. The lowest BCUT2D eigenvalue weighted by molar-refractivity contribution is -0.124. The lowest BCUT2D eigenvalue weighted by Gasteiger charge is -2.29. The maximum Gasteiger partial charge on any atom is 0.312 e. The summed E-state index contributed by atoms with van der Waals surface area (Å²) in [5.74, 6) is -0.685. The van der Waals surface area contributed by atoms with Gasteiger partial charge < -0.3 is 26.6 Å². The van der Waals surface area contributed by atoms with Crippen molar-refractivity contribution in [1.82, 2.24) is 16.0 Å². The molecule has 5 N–H and O–H groups in total. The number of benzene rings is 2. The fourth-order valence-corrected chi connectivity index (χ4v) is 4.51. The highest BCUT2D eigenvalue weighted by atomic mass is 19.1. The summed E-state index contributed by atoms with van der Waals surface area (Å²) < 4.78 is 13.6. The van der Waals surface area contributed by atoms with Crippen molar-refractivity contribution in [1.29, 1.82) is 0 Å². The van der Waals surface area contributed by atoms with Gasteiger partial charge in [-0.2, -0.15) is 0 Å². The molecule has 2 atom stereocenters. The molecule has 0 fully saturated rings. The Hall–Kier alpha value is -3.62. The van der Waals surface area contributed by atoms with Crippen LogP contribution in [-0.2, 0) is 11.2 Å². The molecule has 0 saturated carbocycles. The second-order valence-corrected chi connectivity index (χ2v) is 9.78. The van der Waals surface area contributed by atoms with Crippen molar-refractivity contribution >= 4 is 23.5 Å². The van der Waals surface area contributed by atoms with Crippen LogP contribution < -0.4 is 26.6 Å². The van der Waals surface area contributed by atoms with E-state index in [1.54, 1.807) is 18.2 Å². The number of halogens is 1. The number of nitrogens with one attached hydrogen (secondary N) is 3. The number of primary amides is 1. The molecule has 0 aromatic heterocycles. The van der Waals surface area contributed by atoms with Crippen LogP contribution in [0.1, 0.15) is 48.2 Å². The minimum absolute atomic E-state index is 0.175. The number of urea groups is 1. The first kappa shape index (κ1) is 27.0. The van der Waals surface area contributed by atoms with Gasteiger partial charge in [-0.25, -0.2) is 9.18 Å². The first-order valence-corrected chi connectivity index (χ1v) is 12.4. The van der Waals surface area contributed by atoms with Gasteiger partial charge in [-0.3, -0.25) is 9.59 Å². The lowest BCUT2D eigenvalue weighted by Crippen LogP contribution is -2.53. The van der Waals surface area contributed by atoms with Crippen LogP contribution >= 0.6 is 0 Å². The number of carbonyl (C=O) groups is 3. The third-order valence-electron chi connectivity index (χ3n) is 6.22. The highest BCUT2D eigenvalue weighted by Crippen LogP contribution is 2.28. The van der Waals surface area contributed by atoms with E-state index in [0.29, 0.717) is 31.5 Å². The summed E-state index contributed by atoms with van der Waals surface area (Å²) in [6.45, 7) is 7.36.